The molecule has 0 heterocycles. The second-order valence-corrected chi connectivity index (χ2v) is 6.58. The van der Waals surface area contributed by atoms with Gasteiger partial charge in [0.1, 0.15) is 0 Å². The lowest BCUT2D eigenvalue weighted by Crippen LogP contribution is -2.40. The molecule has 0 aromatic heterocycles. The Kier molecular flexibility index (Phi) is 5.98. The van der Waals surface area contributed by atoms with Crippen molar-refractivity contribution < 1.29 is 14.7 Å². The molecule has 21 heavy (non-hydrogen) atoms. The number of amides is 1. The number of nitrogens with one attached hydrogen (secondary N) is 2. The molecule has 0 saturated heterocycles. The second-order valence-electron chi connectivity index (χ2n) is 5.34. The highest BCUT2D eigenvalue weighted by Crippen LogP contribution is 2.24. The van der Waals surface area contributed by atoms with Gasteiger partial charge in [0.2, 0.25) is 5.91 Å². The van der Waals surface area contributed by atoms with Gasteiger partial charge in [-0.15, -0.1) is 0 Å². The summed E-state index contributed by atoms with van der Waals surface area (Å²) in [5.41, 5.74) is 0.778. The molecule has 2 unspecified atom stereocenters. The number of carboxylic acids is 1. The zero-order chi connectivity index (χ0) is 15.2. The predicted molar refractivity (Wildman–Crippen MR) is 89.2 cm³/mol. The first-order valence-corrected chi connectivity index (χ1v) is 8.14. The summed E-state index contributed by atoms with van der Waals surface area (Å²) in [6.07, 6.45) is 3.17. The zero-order valence-electron chi connectivity index (χ0n) is 11.6. The number of aliphatic carboxylic acids is 1. The number of hydrogen-bond acceptors (Lipinski definition) is 3. The Morgan fingerprint density at radius 3 is 2.86 bits per heavy atom. The molecular weight excluding hydrogens is 383 g/mol. The van der Waals surface area contributed by atoms with Gasteiger partial charge >= 0.3 is 5.97 Å². The van der Waals surface area contributed by atoms with Gasteiger partial charge in [-0.2, -0.15) is 0 Å². The van der Waals surface area contributed by atoms with E-state index < -0.39 is 5.97 Å². The Bertz CT molecular complexity index is 521. The molecule has 0 bridgehead atoms. The molecule has 3 N–H and O–H groups in total. The lowest BCUT2D eigenvalue weighted by molar-refractivity contribution is -0.143. The summed E-state index contributed by atoms with van der Waals surface area (Å²) < 4.78 is 1.06. The van der Waals surface area contributed by atoms with Crippen LogP contribution in [0.3, 0.4) is 0 Å². The normalized spacial score (nSPS) is 21.8. The van der Waals surface area contributed by atoms with Gasteiger partial charge in [-0.05, 0) is 60.1 Å². The summed E-state index contributed by atoms with van der Waals surface area (Å²) >= 11 is 2.19. The fraction of sp³-hybridized carbons (Fsp3) is 0.467. The molecule has 1 saturated carbocycles. The van der Waals surface area contributed by atoms with Crippen LogP contribution >= 0.6 is 22.6 Å². The van der Waals surface area contributed by atoms with E-state index in [1.54, 1.807) is 0 Å². The van der Waals surface area contributed by atoms with Gasteiger partial charge in [-0.25, -0.2) is 0 Å². The van der Waals surface area contributed by atoms with Crippen LogP contribution < -0.4 is 10.6 Å². The minimum absolute atomic E-state index is 0.102. The van der Waals surface area contributed by atoms with Gasteiger partial charge in [-0.3, -0.25) is 9.59 Å². The number of hydrogen-bond donors (Lipinski definition) is 3. The largest absolute Gasteiger partial charge is 0.481 e. The Hall–Kier alpha value is -1.15. The summed E-state index contributed by atoms with van der Waals surface area (Å²) in [7, 11) is 0. The van der Waals surface area contributed by atoms with Crippen LogP contribution in [-0.2, 0) is 9.59 Å². The molecule has 1 aromatic carbocycles. The third kappa shape index (κ3) is 5.28. The molecule has 1 aliphatic carbocycles. The van der Waals surface area contributed by atoms with Gasteiger partial charge in [0.05, 0.1) is 12.5 Å². The molecule has 1 fully saturated rings. The van der Waals surface area contributed by atoms with Crippen molar-refractivity contribution in [3.05, 3.63) is 27.8 Å². The van der Waals surface area contributed by atoms with Gasteiger partial charge in [0.25, 0.3) is 0 Å². The molecule has 0 aliphatic heterocycles. The Morgan fingerprint density at radius 2 is 2.14 bits per heavy atom. The highest BCUT2D eigenvalue weighted by molar-refractivity contribution is 14.1. The fourth-order valence-corrected chi connectivity index (χ4v) is 3.15. The number of benzene rings is 1. The molecule has 0 spiro atoms. The van der Waals surface area contributed by atoms with Crippen LogP contribution in [0.15, 0.2) is 24.3 Å². The van der Waals surface area contributed by atoms with Gasteiger partial charge in [0, 0.05) is 15.3 Å². The fourth-order valence-electron chi connectivity index (χ4n) is 2.61. The maximum atomic E-state index is 11.9. The first-order chi connectivity index (χ1) is 10.0. The number of anilines is 1. The van der Waals surface area contributed by atoms with E-state index in [9.17, 15) is 9.59 Å². The van der Waals surface area contributed by atoms with Crippen molar-refractivity contribution >= 4 is 40.2 Å². The van der Waals surface area contributed by atoms with Crippen LogP contribution in [0.25, 0.3) is 0 Å². The number of carbonyl (C=O) groups is 2. The molecule has 6 heteroatoms. The standard InChI is InChI=1S/C15H19IN2O3/c16-11-4-2-6-13(8-11)18-14(19)9-17-12-5-1-3-10(7-12)15(20)21/h2,4,6,8,10,12,17H,1,3,5,7,9H2,(H,18,19)(H,20,21). The maximum absolute atomic E-state index is 11.9. The van der Waals surface area contributed by atoms with E-state index in [4.69, 9.17) is 5.11 Å². The van der Waals surface area contributed by atoms with E-state index in [1.807, 2.05) is 24.3 Å². The summed E-state index contributed by atoms with van der Waals surface area (Å²) in [6, 6.07) is 7.72. The van der Waals surface area contributed by atoms with Crippen molar-refractivity contribution in [2.75, 3.05) is 11.9 Å². The first-order valence-electron chi connectivity index (χ1n) is 7.06. The lowest BCUT2D eigenvalue weighted by atomic mass is 9.86. The smallest absolute Gasteiger partial charge is 0.306 e. The Morgan fingerprint density at radius 1 is 1.33 bits per heavy atom. The molecule has 114 valence electrons. The molecule has 0 radical (unpaired) electrons. The highest BCUT2D eigenvalue weighted by atomic mass is 127. The monoisotopic (exact) mass is 402 g/mol. The summed E-state index contributed by atoms with van der Waals surface area (Å²) in [5.74, 6) is -1.12. The summed E-state index contributed by atoms with van der Waals surface area (Å²) in [4.78, 5) is 22.9. The van der Waals surface area contributed by atoms with Crippen LogP contribution in [0, 0.1) is 9.49 Å². The molecule has 2 rings (SSSR count). The summed E-state index contributed by atoms with van der Waals surface area (Å²) in [6.45, 7) is 0.211. The first kappa shape index (κ1) is 16.2. The summed E-state index contributed by atoms with van der Waals surface area (Å²) in [5, 5.41) is 15.0. The van der Waals surface area contributed by atoms with Crippen molar-refractivity contribution in [3.8, 4) is 0 Å². The van der Waals surface area contributed by atoms with Crippen molar-refractivity contribution in [1.82, 2.24) is 5.32 Å². The maximum Gasteiger partial charge on any atom is 0.306 e. The van der Waals surface area contributed by atoms with Crippen LogP contribution in [0.4, 0.5) is 5.69 Å². The molecule has 1 aliphatic rings. The lowest BCUT2D eigenvalue weighted by Gasteiger charge is -2.27. The number of carboxylic acid groups (broad SMARTS) is 1. The van der Waals surface area contributed by atoms with E-state index >= 15 is 0 Å². The number of halogens is 1. The van der Waals surface area contributed by atoms with Gasteiger partial charge < -0.3 is 15.7 Å². The average Bonchev–Trinajstić information content (AvgIpc) is 2.45. The molecule has 2 atom stereocenters. The Balaban J connectivity index is 1.77. The van der Waals surface area contributed by atoms with Gasteiger partial charge in [-0.1, -0.05) is 12.5 Å². The third-order valence-corrected chi connectivity index (χ3v) is 4.35. The second kappa shape index (κ2) is 7.74. The zero-order valence-corrected chi connectivity index (χ0v) is 13.8. The van der Waals surface area contributed by atoms with E-state index in [-0.39, 0.29) is 24.4 Å². The van der Waals surface area contributed by atoms with Crippen LogP contribution in [0.2, 0.25) is 0 Å². The quantitative estimate of drug-likeness (QED) is 0.662. The van der Waals surface area contributed by atoms with E-state index in [0.717, 1.165) is 28.5 Å². The van der Waals surface area contributed by atoms with Crippen LogP contribution in [0.5, 0.6) is 0 Å². The highest BCUT2D eigenvalue weighted by Gasteiger charge is 2.26. The third-order valence-electron chi connectivity index (χ3n) is 3.68. The molecule has 1 amide bonds. The van der Waals surface area contributed by atoms with Gasteiger partial charge in [0.15, 0.2) is 0 Å². The molecule has 5 nitrogen and oxygen atoms in total. The molecule has 1 aromatic rings. The predicted octanol–water partition coefficient (Wildman–Crippen LogP) is 2.46. The average molecular weight is 402 g/mol. The molecular formula is C15H19IN2O3. The van der Waals surface area contributed by atoms with Crippen LogP contribution in [-0.4, -0.2) is 29.6 Å². The van der Waals surface area contributed by atoms with E-state index in [2.05, 4.69) is 33.2 Å². The van der Waals surface area contributed by atoms with Crippen molar-refractivity contribution in [1.29, 1.82) is 0 Å². The minimum Gasteiger partial charge on any atom is -0.481 e. The Labute approximate surface area is 137 Å². The van der Waals surface area contributed by atoms with Crippen molar-refractivity contribution in [2.45, 2.75) is 31.7 Å². The number of rotatable bonds is 5. The van der Waals surface area contributed by atoms with Crippen molar-refractivity contribution in [3.63, 3.8) is 0 Å². The minimum atomic E-state index is -0.732. The van der Waals surface area contributed by atoms with Crippen LogP contribution in [0.1, 0.15) is 25.7 Å². The van der Waals surface area contributed by atoms with Crippen molar-refractivity contribution in [2.24, 2.45) is 5.92 Å². The van der Waals surface area contributed by atoms with E-state index in [1.165, 1.54) is 0 Å². The number of carbonyl (C=O) groups excluding carboxylic acids is 1. The van der Waals surface area contributed by atoms with E-state index in [0.29, 0.717) is 6.42 Å². The SMILES string of the molecule is O=C(CNC1CCCC(C(=O)O)C1)Nc1cccc(I)c1. The topological polar surface area (TPSA) is 78.4 Å².